The van der Waals surface area contributed by atoms with Crippen molar-refractivity contribution in [2.75, 3.05) is 12.0 Å². The van der Waals surface area contributed by atoms with Gasteiger partial charge in [-0.15, -0.1) is 0 Å². The summed E-state index contributed by atoms with van der Waals surface area (Å²) in [5.74, 6) is -1.24. The molecule has 1 fully saturated rings. The number of carbonyl (C=O) groups excluding carboxylic acids is 1. The summed E-state index contributed by atoms with van der Waals surface area (Å²) in [5, 5.41) is 9.37. The van der Waals surface area contributed by atoms with Crippen LogP contribution in [0.4, 0.5) is 4.39 Å². The summed E-state index contributed by atoms with van der Waals surface area (Å²) >= 11 is 7.75. The average Bonchev–Trinajstić information content (AvgIpc) is 2.77. The summed E-state index contributed by atoms with van der Waals surface area (Å²) in [5.41, 5.74) is 0.655. The number of carboxylic acids is 1. The molecule has 0 aliphatic carbocycles. The molecule has 1 aromatic rings. The van der Waals surface area contributed by atoms with Crippen molar-refractivity contribution in [3.05, 3.63) is 40.6 Å². The number of carbonyl (C=O) groups is 2. The molecule has 8 heteroatoms. The fraction of sp³-hybridized carbons (Fsp3) is 0.267. The van der Waals surface area contributed by atoms with Crippen molar-refractivity contribution in [3.8, 4) is 0 Å². The van der Waals surface area contributed by atoms with Crippen molar-refractivity contribution >= 4 is 58.0 Å². The quantitative estimate of drug-likeness (QED) is 0.612. The monoisotopic (exact) mass is 371 g/mol. The van der Waals surface area contributed by atoms with Gasteiger partial charge >= 0.3 is 5.97 Å². The zero-order valence-corrected chi connectivity index (χ0v) is 14.6. The Hall–Kier alpha value is -1.38. The third-order valence-electron chi connectivity index (χ3n) is 3.18. The Balaban J connectivity index is 2.24. The molecule has 1 heterocycles. The second-order valence-electron chi connectivity index (χ2n) is 4.74. The maximum absolute atomic E-state index is 12.9. The lowest BCUT2D eigenvalue weighted by molar-refractivity contribution is -0.145. The number of nitrogens with zero attached hydrogens (tertiary/aromatic N) is 1. The van der Waals surface area contributed by atoms with Gasteiger partial charge in [0.1, 0.15) is 16.2 Å². The summed E-state index contributed by atoms with van der Waals surface area (Å²) in [4.78, 5) is 25.5. The Kier molecular flexibility index (Phi) is 6.20. The number of amides is 1. The average molecular weight is 371 g/mol. The molecule has 0 unspecified atom stereocenters. The first-order valence-corrected chi connectivity index (χ1v) is 9.30. The Morgan fingerprint density at radius 3 is 2.70 bits per heavy atom. The van der Waals surface area contributed by atoms with Crippen LogP contribution in [0.25, 0.3) is 6.08 Å². The predicted molar refractivity (Wildman–Crippen MR) is 95.8 cm³/mol. The molecular weight excluding hydrogens is 357 g/mol. The highest BCUT2D eigenvalue weighted by Crippen LogP contribution is 2.34. The van der Waals surface area contributed by atoms with Crippen LogP contribution in [0.1, 0.15) is 12.0 Å². The third kappa shape index (κ3) is 4.33. The van der Waals surface area contributed by atoms with Crippen LogP contribution >= 0.6 is 35.7 Å². The molecule has 0 radical (unpaired) electrons. The summed E-state index contributed by atoms with van der Waals surface area (Å²) in [6, 6.07) is 4.72. The van der Waals surface area contributed by atoms with Crippen molar-refractivity contribution in [1.29, 1.82) is 0 Å². The van der Waals surface area contributed by atoms with Gasteiger partial charge in [0, 0.05) is 0 Å². The highest BCUT2D eigenvalue weighted by molar-refractivity contribution is 8.26. The van der Waals surface area contributed by atoms with Gasteiger partial charge in [-0.3, -0.25) is 9.69 Å². The molecular formula is C15H14FNO3S3. The number of hydrogen-bond donors (Lipinski definition) is 1. The number of benzene rings is 1. The first kappa shape index (κ1) is 18.0. The van der Waals surface area contributed by atoms with E-state index in [0.29, 0.717) is 22.6 Å². The second-order valence-corrected chi connectivity index (χ2v) is 7.40. The van der Waals surface area contributed by atoms with Crippen LogP contribution in [-0.2, 0) is 9.59 Å². The highest BCUT2D eigenvalue weighted by Gasteiger charge is 2.40. The lowest BCUT2D eigenvalue weighted by Gasteiger charge is -2.22. The maximum atomic E-state index is 12.9. The SMILES string of the molecule is CSCC[C@H](C(=O)O)N1C(=O)/C(=C\c2ccc(F)cc2)SC1=S. The second kappa shape index (κ2) is 7.94. The van der Waals surface area contributed by atoms with E-state index in [1.165, 1.54) is 23.9 Å². The van der Waals surface area contributed by atoms with Crippen LogP contribution < -0.4 is 0 Å². The van der Waals surface area contributed by atoms with Gasteiger partial charge in [-0.2, -0.15) is 11.8 Å². The van der Waals surface area contributed by atoms with Crippen molar-refractivity contribution < 1.29 is 19.1 Å². The molecule has 0 saturated carbocycles. The number of thiocarbonyl (C=S) groups is 1. The van der Waals surface area contributed by atoms with Gasteiger partial charge in [-0.1, -0.05) is 36.1 Å². The van der Waals surface area contributed by atoms with E-state index in [4.69, 9.17) is 12.2 Å². The summed E-state index contributed by atoms with van der Waals surface area (Å²) < 4.78 is 13.2. The Morgan fingerprint density at radius 2 is 2.13 bits per heavy atom. The Morgan fingerprint density at radius 1 is 1.48 bits per heavy atom. The molecule has 1 saturated heterocycles. The smallest absolute Gasteiger partial charge is 0.326 e. The number of rotatable bonds is 6. The summed E-state index contributed by atoms with van der Waals surface area (Å²) in [7, 11) is 0. The minimum absolute atomic E-state index is 0.233. The van der Waals surface area contributed by atoms with Crippen LogP contribution in [0.5, 0.6) is 0 Å². The van der Waals surface area contributed by atoms with Gasteiger partial charge in [-0.05, 0) is 42.2 Å². The van der Waals surface area contributed by atoms with E-state index in [2.05, 4.69) is 0 Å². The van der Waals surface area contributed by atoms with E-state index in [0.717, 1.165) is 16.7 Å². The molecule has 1 atom stereocenters. The molecule has 1 aliphatic heterocycles. The zero-order valence-electron chi connectivity index (χ0n) is 12.2. The number of carboxylic acid groups (broad SMARTS) is 1. The summed E-state index contributed by atoms with van der Waals surface area (Å²) in [6.07, 6.45) is 3.79. The fourth-order valence-corrected chi connectivity index (χ4v) is 3.87. The van der Waals surface area contributed by atoms with Crippen molar-refractivity contribution in [2.45, 2.75) is 12.5 Å². The molecule has 1 aliphatic rings. The van der Waals surface area contributed by atoms with Crippen LogP contribution in [0.3, 0.4) is 0 Å². The van der Waals surface area contributed by atoms with Gasteiger partial charge < -0.3 is 5.11 Å². The number of hydrogen-bond acceptors (Lipinski definition) is 5. The van der Waals surface area contributed by atoms with Crippen LogP contribution in [0, 0.1) is 5.82 Å². The minimum Gasteiger partial charge on any atom is -0.480 e. The van der Waals surface area contributed by atoms with E-state index in [9.17, 15) is 19.1 Å². The topological polar surface area (TPSA) is 57.6 Å². The highest BCUT2D eigenvalue weighted by atomic mass is 32.2. The van der Waals surface area contributed by atoms with Gasteiger partial charge in [-0.25, -0.2) is 9.18 Å². The van der Waals surface area contributed by atoms with E-state index in [-0.39, 0.29) is 10.1 Å². The van der Waals surface area contributed by atoms with E-state index in [1.807, 2.05) is 6.26 Å². The molecule has 2 rings (SSSR count). The zero-order chi connectivity index (χ0) is 17.0. The fourth-order valence-electron chi connectivity index (χ4n) is 2.05. The standard InChI is InChI=1S/C15H14FNO3S3/c1-22-7-6-11(14(19)20)17-13(18)12(23-15(17)21)8-9-2-4-10(16)5-3-9/h2-5,8,11H,6-7H2,1H3,(H,19,20)/b12-8+/t11-/m1/s1. The van der Waals surface area contributed by atoms with Crippen molar-refractivity contribution in [3.63, 3.8) is 0 Å². The van der Waals surface area contributed by atoms with Crippen LogP contribution in [0.2, 0.25) is 0 Å². The van der Waals surface area contributed by atoms with Crippen molar-refractivity contribution in [1.82, 2.24) is 4.90 Å². The lowest BCUT2D eigenvalue weighted by atomic mass is 10.1. The third-order valence-corrected chi connectivity index (χ3v) is 5.16. The molecule has 23 heavy (non-hydrogen) atoms. The summed E-state index contributed by atoms with van der Waals surface area (Å²) in [6.45, 7) is 0. The van der Waals surface area contributed by atoms with E-state index < -0.39 is 17.9 Å². The number of thioether (sulfide) groups is 2. The largest absolute Gasteiger partial charge is 0.480 e. The molecule has 4 nitrogen and oxygen atoms in total. The van der Waals surface area contributed by atoms with Gasteiger partial charge in [0.15, 0.2) is 0 Å². The van der Waals surface area contributed by atoms with Gasteiger partial charge in [0.2, 0.25) is 0 Å². The van der Waals surface area contributed by atoms with Gasteiger partial charge in [0.25, 0.3) is 5.91 Å². The van der Waals surface area contributed by atoms with Crippen LogP contribution in [0.15, 0.2) is 29.2 Å². The van der Waals surface area contributed by atoms with E-state index >= 15 is 0 Å². The molecule has 0 bridgehead atoms. The Labute approximate surface area is 147 Å². The normalized spacial score (nSPS) is 17.8. The first-order valence-electron chi connectivity index (χ1n) is 6.68. The molecule has 0 aromatic heterocycles. The number of aliphatic carboxylic acids is 1. The molecule has 1 N–H and O–H groups in total. The predicted octanol–water partition coefficient (Wildman–Crippen LogP) is 3.23. The Bertz CT molecular complexity index is 660. The molecule has 0 spiro atoms. The maximum Gasteiger partial charge on any atom is 0.326 e. The van der Waals surface area contributed by atoms with E-state index in [1.54, 1.807) is 18.2 Å². The number of halogens is 1. The molecule has 122 valence electrons. The first-order chi connectivity index (χ1) is 10.9. The van der Waals surface area contributed by atoms with Crippen molar-refractivity contribution in [2.24, 2.45) is 0 Å². The van der Waals surface area contributed by atoms with Gasteiger partial charge in [0.05, 0.1) is 4.91 Å². The molecule has 1 aromatic carbocycles. The lowest BCUT2D eigenvalue weighted by Crippen LogP contribution is -2.44. The molecule has 1 amide bonds. The minimum atomic E-state index is -1.07. The van der Waals surface area contributed by atoms with Crippen LogP contribution in [-0.4, -0.2) is 44.3 Å².